The third-order valence-electron chi connectivity index (χ3n) is 3.24. The number of hydrogen-bond acceptors (Lipinski definition) is 3. The Morgan fingerprint density at radius 2 is 1.94 bits per heavy atom. The normalized spacial score (nSPS) is 15.2. The average Bonchev–Trinajstić information content (AvgIpc) is 2.25. The highest BCUT2D eigenvalue weighted by Gasteiger charge is 2.32. The summed E-state index contributed by atoms with van der Waals surface area (Å²) in [6, 6.07) is 6.91. The molecule has 0 unspecified atom stereocenters. The molecule has 0 fully saturated rings. The Bertz CT molecular complexity index is 363. The predicted molar refractivity (Wildman–Crippen MR) is 70.0 cm³/mol. The number of nitrogens with zero attached hydrogens (tertiary/aromatic N) is 1. The van der Waals surface area contributed by atoms with Crippen molar-refractivity contribution in [2.75, 3.05) is 20.6 Å². The third kappa shape index (κ3) is 3.45. The molecule has 0 spiro atoms. The average molecular weight is 237 g/mol. The van der Waals surface area contributed by atoms with E-state index in [0.717, 1.165) is 12.1 Å². The van der Waals surface area contributed by atoms with Gasteiger partial charge >= 0.3 is 0 Å². The molecular formula is C14H23NO2. The Labute approximate surface area is 104 Å². The van der Waals surface area contributed by atoms with Gasteiger partial charge in [0.25, 0.3) is 0 Å². The van der Waals surface area contributed by atoms with Crippen LogP contribution in [0, 0.1) is 5.92 Å². The van der Waals surface area contributed by atoms with Crippen molar-refractivity contribution in [2.24, 2.45) is 5.92 Å². The van der Waals surface area contributed by atoms with E-state index in [4.69, 9.17) is 0 Å². The lowest BCUT2D eigenvalue weighted by molar-refractivity contribution is -0.0234. The first-order chi connectivity index (χ1) is 7.86. The van der Waals surface area contributed by atoms with Crippen LogP contribution < -0.4 is 0 Å². The first-order valence-corrected chi connectivity index (χ1v) is 6.03. The lowest BCUT2D eigenvalue weighted by Gasteiger charge is -2.34. The summed E-state index contributed by atoms with van der Waals surface area (Å²) < 4.78 is 0. The minimum Gasteiger partial charge on any atom is -0.508 e. The molecule has 0 radical (unpaired) electrons. The van der Waals surface area contributed by atoms with Crippen LogP contribution >= 0.6 is 0 Å². The molecule has 3 nitrogen and oxygen atoms in total. The van der Waals surface area contributed by atoms with Crippen LogP contribution in [-0.4, -0.2) is 35.8 Å². The molecule has 17 heavy (non-hydrogen) atoms. The van der Waals surface area contributed by atoms with Crippen molar-refractivity contribution in [1.29, 1.82) is 0 Å². The molecule has 0 aliphatic heterocycles. The van der Waals surface area contributed by atoms with E-state index >= 15 is 0 Å². The van der Waals surface area contributed by atoms with Crippen molar-refractivity contribution in [2.45, 2.75) is 25.9 Å². The SMILES string of the molecule is CC(C)[C@](O)(CCN(C)C)c1cccc(O)c1. The lowest BCUT2D eigenvalue weighted by atomic mass is 9.80. The fraction of sp³-hybridized carbons (Fsp3) is 0.571. The van der Waals surface area contributed by atoms with E-state index in [9.17, 15) is 10.2 Å². The number of aliphatic hydroxyl groups is 1. The predicted octanol–water partition coefficient (Wildman–Crippen LogP) is 2.19. The summed E-state index contributed by atoms with van der Waals surface area (Å²) in [6.45, 7) is 4.81. The molecule has 1 aromatic rings. The molecule has 0 saturated carbocycles. The van der Waals surface area contributed by atoms with Gasteiger partial charge in [-0.3, -0.25) is 0 Å². The van der Waals surface area contributed by atoms with Gasteiger partial charge in [-0.15, -0.1) is 0 Å². The second kappa shape index (κ2) is 5.52. The maximum Gasteiger partial charge on any atom is 0.115 e. The van der Waals surface area contributed by atoms with Crippen LogP contribution in [0.4, 0.5) is 0 Å². The zero-order valence-corrected chi connectivity index (χ0v) is 11.1. The van der Waals surface area contributed by atoms with Crippen LogP contribution in [0.15, 0.2) is 24.3 Å². The number of aromatic hydroxyl groups is 1. The van der Waals surface area contributed by atoms with Gasteiger partial charge in [-0.05, 0) is 44.1 Å². The van der Waals surface area contributed by atoms with Crippen LogP contribution in [0.25, 0.3) is 0 Å². The van der Waals surface area contributed by atoms with Gasteiger partial charge in [-0.25, -0.2) is 0 Å². The van der Waals surface area contributed by atoms with Gasteiger partial charge in [0.15, 0.2) is 0 Å². The zero-order valence-electron chi connectivity index (χ0n) is 11.1. The Morgan fingerprint density at radius 1 is 1.29 bits per heavy atom. The molecule has 2 N–H and O–H groups in total. The molecule has 1 atom stereocenters. The van der Waals surface area contributed by atoms with E-state index in [-0.39, 0.29) is 11.7 Å². The molecule has 0 heterocycles. The number of phenolic OH excluding ortho intramolecular Hbond substituents is 1. The standard InChI is InChI=1S/C14H23NO2/c1-11(2)14(17,8-9-15(3)4)12-6-5-7-13(16)10-12/h5-7,10-11,16-17H,8-9H2,1-4H3/t14-/m1/s1. The summed E-state index contributed by atoms with van der Waals surface area (Å²) in [5, 5.41) is 20.3. The minimum absolute atomic E-state index is 0.101. The summed E-state index contributed by atoms with van der Waals surface area (Å²) in [4.78, 5) is 2.05. The van der Waals surface area contributed by atoms with Gasteiger partial charge in [0, 0.05) is 6.54 Å². The second-order valence-corrected chi connectivity index (χ2v) is 5.18. The highest BCUT2D eigenvalue weighted by Crippen LogP contribution is 2.34. The van der Waals surface area contributed by atoms with E-state index in [2.05, 4.69) is 4.90 Å². The molecule has 0 amide bonds. The van der Waals surface area contributed by atoms with Gasteiger partial charge in [0.2, 0.25) is 0 Å². The van der Waals surface area contributed by atoms with Crippen LogP contribution in [0.1, 0.15) is 25.8 Å². The number of phenols is 1. The summed E-state index contributed by atoms with van der Waals surface area (Å²) in [5.41, 5.74) is -0.0995. The fourth-order valence-electron chi connectivity index (χ4n) is 1.94. The van der Waals surface area contributed by atoms with E-state index in [0.29, 0.717) is 6.42 Å². The van der Waals surface area contributed by atoms with Crippen molar-refractivity contribution in [3.05, 3.63) is 29.8 Å². The van der Waals surface area contributed by atoms with E-state index in [1.807, 2.05) is 34.0 Å². The summed E-state index contributed by atoms with van der Waals surface area (Å²) >= 11 is 0. The van der Waals surface area contributed by atoms with E-state index in [1.165, 1.54) is 0 Å². The third-order valence-corrected chi connectivity index (χ3v) is 3.24. The molecule has 3 heteroatoms. The fourth-order valence-corrected chi connectivity index (χ4v) is 1.94. The number of rotatable bonds is 5. The molecule has 0 bridgehead atoms. The second-order valence-electron chi connectivity index (χ2n) is 5.18. The van der Waals surface area contributed by atoms with Crippen LogP contribution in [0.5, 0.6) is 5.75 Å². The number of benzene rings is 1. The lowest BCUT2D eigenvalue weighted by Crippen LogP contribution is -2.35. The molecule has 1 rings (SSSR count). The topological polar surface area (TPSA) is 43.7 Å². The smallest absolute Gasteiger partial charge is 0.115 e. The number of hydrogen-bond donors (Lipinski definition) is 2. The van der Waals surface area contributed by atoms with Gasteiger partial charge < -0.3 is 15.1 Å². The Kier molecular flexibility index (Phi) is 4.54. The Balaban J connectivity index is 2.98. The van der Waals surface area contributed by atoms with Crippen LogP contribution in [0.2, 0.25) is 0 Å². The highest BCUT2D eigenvalue weighted by atomic mass is 16.3. The van der Waals surface area contributed by atoms with E-state index < -0.39 is 5.60 Å². The molecule has 1 aromatic carbocycles. The van der Waals surface area contributed by atoms with Crippen molar-refractivity contribution in [1.82, 2.24) is 4.90 Å². The van der Waals surface area contributed by atoms with Gasteiger partial charge in [0.05, 0.1) is 5.60 Å². The quantitative estimate of drug-likeness (QED) is 0.825. The van der Waals surface area contributed by atoms with Crippen LogP contribution in [-0.2, 0) is 5.60 Å². The Morgan fingerprint density at radius 3 is 2.41 bits per heavy atom. The van der Waals surface area contributed by atoms with Gasteiger partial charge in [0.1, 0.15) is 5.75 Å². The molecule has 0 aliphatic carbocycles. The van der Waals surface area contributed by atoms with E-state index in [1.54, 1.807) is 18.2 Å². The maximum absolute atomic E-state index is 10.8. The molecule has 0 saturated heterocycles. The van der Waals surface area contributed by atoms with Gasteiger partial charge in [-0.1, -0.05) is 26.0 Å². The molecule has 96 valence electrons. The van der Waals surface area contributed by atoms with Crippen molar-refractivity contribution in [3.8, 4) is 5.75 Å². The first kappa shape index (κ1) is 14.0. The largest absolute Gasteiger partial charge is 0.508 e. The zero-order chi connectivity index (χ0) is 13.1. The summed E-state index contributed by atoms with van der Waals surface area (Å²) in [5.74, 6) is 0.302. The molecule has 0 aliphatic rings. The minimum atomic E-state index is -0.886. The summed E-state index contributed by atoms with van der Waals surface area (Å²) in [6.07, 6.45) is 0.654. The van der Waals surface area contributed by atoms with Crippen LogP contribution in [0.3, 0.4) is 0 Å². The highest BCUT2D eigenvalue weighted by molar-refractivity contribution is 5.31. The van der Waals surface area contributed by atoms with Crippen molar-refractivity contribution >= 4 is 0 Å². The summed E-state index contributed by atoms with van der Waals surface area (Å²) in [7, 11) is 3.98. The maximum atomic E-state index is 10.8. The first-order valence-electron chi connectivity index (χ1n) is 6.03. The Hall–Kier alpha value is -1.06. The van der Waals surface area contributed by atoms with Crippen molar-refractivity contribution < 1.29 is 10.2 Å². The molecule has 0 aromatic heterocycles. The molecular weight excluding hydrogens is 214 g/mol. The van der Waals surface area contributed by atoms with Gasteiger partial charge in [-0.2, -0.15) is 0 Å². The monoisotopic (exact) mass is 237 g/mol. The van der Waals surface area contributed by atoms with Crippen molar-refractivity contribution in [3.63, 3.8) is 0 Å².